The van der Waals surface area contributed by atoms with Gasteiger partial charge in [-0.05, 0) is 38.3 Å². The Labute approximate surface area is 83.3 Å². The Hall–Kier alpha value is -1.03. The second kappa shape index (κ2) is 4.00. The molecule has 1 aromatic heterocycles. The van der Waals surface area contributed by atoms with Crippen LogP contribution in [-0.4, -0.2) is 22.9 Å². The van der Waals surface area contributed by atoms with E-state index in [4.69, 9.17) is 0 Å². The maximum atomic E-state index is 11.0. The molecule has 1 aromatic rings. The van der Waals surface area contributed by atoms with Crippen LogP contribution in [0.5, 0.6) is 0 Å². The van der Waals surface area contributed by atoms with Gasteiger partial charge in [0.1, 0.15) is 0 Å². The van der Waals surface area contributed by atoms with Gasteiger partial charge in [-0.2, -0.15) is 0 Å². The lowest BCUT2D eigenvalue weighted by Gasteiger charge is -2.07. The number of aryl methyl sites for hydroxylation is 2. The molecule has 2 N–H and O–H groups in total. The number of H-pyrrole nitrogens is 1. The van der Waals surface area contributed by atoms with Crippen LogP contribution in [-0.2, 0) is 13.5 Å². The van der Waals surface area contributed by atoms with E-state index in [2.05, 4.69) is 10.4 Å². The number of hydrogen-bond acceptors (Lipinski definition) is 2. The SMILES string of the molecule is Cn1[nH]c(=O)cc1CCC1CCNC1. The monoisotopic (exact) mass is 195 g/mol. The summed E-state index contributed by atoms with van der Waals surface area (Å²) in [5.41, 5.74) is 1.12. The highest BCUT2D eigenvalue weighted by molar-refractivity contribution is 5.00. The summed E-state index contributed by atoms with van der Waals surface area (Å²) in [6, 6.07) is 1.70. The molecule has 1 saturated heterocycles. The maximum absolute atomic E-state index is 11.0. The number of aromatic amines is 1. The first-order valence-electron chi connectivity index (χ1n) is 5.21. The molecule has 1 atom stereocenters. The summed E-state index contributed by atoms with van der Waals surface area (Å²) in [6.45, 7) is 2.29. The average molecular weight is 195 g/mol. The second-order valence-corrected chi connectivity index (χ2v) is 4.07. The summed E-state index contributed by atoms with van der Waals surface area (Å²) in [6.07, 6.45) is 3.46. The van der Waals surface area contributed by atoms with Gasteiger partial charge in [-0.3, -0.25) is 14.6 Å². The maximum Gasteiger partial charge on any atom is 0.264 e. The normalized spacial score (nSPS) is 21.6. The van der Waals surface area contributed by atoms with E-state index in [1.54, 1.807) is 6.07 Å². The highest BCUT2D eigenvalue weighted by atomic mass is 16.1. The molecule has 1 aliphatic rings. The molecule has 78 valence electrons. The van der Waals surface area contributed by atoms with Gasteiger partial charge in [0.2, 0.25) is 0 Å². The summed E-state index contributed by atoms with van der Waals surface area (Å²) in [7, 11) is 1.89. The summed E-state index contributed by atoms with van der Waals surface area (Å²) < 4.78 is 1.82. The molecule has 0 amide bonds. The molecule has 0 saturated carbocycles. The van der Waals surface area contributed by atoms with Crippen molar-refractivity contribution in [2.24, 2.45) is 13.0 Å². The van der Waals surface area contributed by atoms with Crippen molar-refractivity contribution in [3.63, 3.8) is 0 Å². The predicted molar refractivity (Wildman–Crippen MR) is 55.3 cm³/mol. The van der Waals surface area contributed by atoms with Gasteiger partial charge in [-0.25, -0.2) is 0 Å². The highest BCUT2D eigenvalue weighted by Gasteiger charge is 2.14. The van der Waals surface area contributed by atoms with Crippen LogP contribution >= 0.6 is 0 Å². The largest absolute Gasteiger partial charge is 0.316 e. The Morgan fingerprint density at radius 3 is 3.07 bits per heavy atom. The van der Waals surface area contributed by atoms with Crippen LogP contribution in [0.4, 0.5) is 0 Å². The fourth-order valence-electron chi connectivity index (χ4n) is 2.07. The van der Waals surface area contributed by atoms with Gasteiger partial charge in [0.05, 0.1) is 0 Å². The molecule has 4 nitrogen and oxygen atoms in total. The van der Waals surface area contributed by atoms with Gasteiger partial charge in [-0.15, -0.1) is 0 Å². The molecule has 0 aromatic carbocycles. The molecule has 1 unspecified atom stereocenters. The van der Waals surface area contributed by atoms with Crippen LogP contribution in [0.15, 0.2) is 10.9 Å². The van der Waals surface area contributed by atoms with Crippen molar-refractivity contribution < 1.29 is 0 Å². The molecule has 1 fully saturated rings. The molecule has 14 heavy (non-hydrogen) atoms. The molecule has 2 rings (SSSR count). The van der Waals surface area contributed by atoms with Crippen molar-refractivity contribution >= 4 is 0 Å². The average Bonchev–Trinajstić information content (AvgIpc) is 2.72. The van der Waals surface area contributed by atoms with Gasteiger partial charge in [-0.1, -0.05) is 0 Å². The highest BCUT2D eigenvalue weighted by Crippen LogP contribution is 2.14. The Kier molecular flexibility index (Phi) is 2.72. The summed E-state index contributed by atoms with van der Waals surface area (Å²) >= 11 is 0. The van der Waals surface area contributed by atoms with Crippen molar-refractivity contribution in [1.29, 1.82) is 0 Å². The van der Waals surface area contributed by atoms with Crippen molar-refractivity contribution in [2.75, 3.05) is 13.1 Å². The van der Waals surface area contributed by atoms with E-state index in [0.29, 0.717) is 0 Å². The van der Waals surface area contributed by atoms with E-state index >= 15 is 0 Å². The predicted octanol–water partition coefficient (Wildman–Crippen LogP) is 0.255. The summed E-state index contributed by atoms with van der Waals surface area (Å²) in [5.74, 6) is 0.792. The third-order valence-electron chi connectivity index (χ3n) is 2.98. The van der Waals surface area contributed by atoms with Crippen molar-refractivity contribution in [1.82, 2.24) is 15.1 Å². The minimum absolute atomic E-state index is 0.00652. The van der Waals surface area contributed by atoms with Gasteiger partial charge < -0.3 is 5.32 Å². The zero-order chi connectivity index (χ0) is 9.97. The van der Waals surface area contributed by atoms with Gasteiger partial charge in [0.25, 0.3) is 5.56 Å². The van der Waals surface area contributed by atoms with Crippen LogP contribution in [0.2, 0.25) is 0 Å². The fraction of sp³-hybridized carbons (Fsp3) is 0.700. The number of nitrogens with zero attached hydrogens (tertiary/aromatic N) is 1. The Morgan fingerprint density at radius 1 is 1.64 bits per heavy atom. The molecular formula is C10H17N3O. The van der Waals surface area contributed by atoms with Crippen LogP contribution < -0.4 is 10.9 Å². The Balaban J connectivity index is 1.90. The lowest BCUT2D eigenvalue weighted by molar-refractivity contribution is 0.519. The zero-order valence-electron chi connectivity index (χ0n) is 8.55. The molecule has 2 heterocycles. The second-order valence-electron chi connectivity index (χ2n) is 4.07. The quantitative estimate of drug-likeness (QED) is 0.726. The fourth-order valence-corrected chi connectivity index (χ4v) is 2.07. The molecular weight excluding hydrogens is 178 g/mol. The zero-order valence-corrected chi connectivity index (χ0v) is 8.55. The van der Waals surface area contributed by atoms with E-state index in [9.17, 15) is 4.79 Å². The Morgan fingerprint density at radius 2 is 2.50 bits per heavy atom. The molecule has 0 aliphatic carbocycles. The van der Waals surface area contributed by atoms with E-state index in [0.717, 1.165) is 31.1 Å². The lowest BCUT2D eigenvalue weighted by Crippen LogP contribution is -2.10. The molecule has 0 bridgehead atoms. The first-order valence-corrected chi connectivity index (χ1v) is 5.21. The minimum atomic E-state index is 0.00652. The van der Waals surface area contributed by atoms with Gasteiger partial charge >= 0.3 is 0 Å². The third kappa shape index (κ3) is 2.07. The van der Waals surface area contributed by atoms with E-state index in [1.807, 2.05) is 11.7 Å². The minimum Gasteiger partial charge on any atom is -0.316 e. The third-order valence-corrected chi connectivity index (χ3v) is 2.98. The van der Waals surface area contributed by atoms with E-state index < -0.39 is 0 Å². The molecule has 1 aliphatic heterocycles. The van der Waals surface area contributed by atoms with Crippen molar-refractivity contribution in [2.45, 2.75) is 19.3 Å². The van der Waals surface area contributed by atoms with Gasteiger partial charge in [0, 0.05) is 18.8 Å². The smallest absolute Gasteiger partial charge is 0.264 e. The van der Waals surface area contributed by atoms with Crippen LogP contribution in [0.3, 0.4) is 0 Å². The standard InChI is InChI=1S/C10H17N3O/c1-13-9(6-10(14)12-13)3-2-8-4-5-11-7-8/h6,8,11H,2-5,7H2,1H3,(H,12,14). The Bertz CT molecular complexity index is 346. The molecule has 0 spiro atoms. The molecule has 4 heteroatoms. The lowest BCUT2D eigenvalue weighted by atomic mass is 10.0. The van der Waals surface area contributed by atoms with Crippen LogP contribution in [0.25, 0.3) is 0 Å². The molecule has 0 radical (unpaired) electrons. The van der Waals surface area contributed by atoms with Crippen molar-refractivity contribution in [3.8, 4) is 0 Å². The number of rotatable bonds is 3. The van der Waals surface area contributed by atoms with Gasteiger partial charge in [0.15, 0.2) is 0 Å². The van der Waals surface area contributed by atoms with Crippen LogP contribution in [0, 0.1) is 5.92 Å². The topological polar surface area (TPSA) is 49.8 Å². The number of nitrogens with one attached hydrogen (secondary N) is 2. The first kappa shape index (κ1) is 9.52. The van der Waals surface area contributed by atoms with Crippen molar-refractivity contribution in [3.05, 3.63) is 22.1 Å². The first-order chi connectivity index (χ1) is 6.75. The van der Waals surface area contributed by atoms with Crippen LogP contribution in [0.1, 0.15) is 18.5 Å². The number of hydrogen-bond donors (Lipinski definition) is 2. The van der Waals surface area contributed by atoms with E-state index in [-0.39, 0.29) is 5.56 Å². The number of aromatic nitrogens is 2. The summed E-state index contributed by atoms with van der Waals surface area (Å²) in [4.78, 5) is 11.0. The summed E-state index contributed by atoms with van der Waals surface area (Å²) in [5, 5.41) is 6.08. The van der Waals surface area contributed by atoms with E-state index in [1.165, 1.54) is 12.8 Å².